The van der Waals surface area contributed by atoms with Gasteiger partial charge in [-0.05, 0) is 12.1 Å². The van der Waals surface area contributed by atoms with E-state index in [0.717, 1.165) is 7.11 Å². The topological polar surface area (TPSA) is 9.23 Å². The summed E-state index contributed by atoms with van der Waals surface area (Å²) in [7, 11) is 0.978. The average Bonchev–Trinajstić information content (AvgIpc) is 2.25. The van der Waals surface area contributed by atoms with Crippen LogP contribution in [0.3, 0.4) is 0 Å². The third-order valence-electron chi connectivity index (χ3n) is 2.33. The second kappa shape index (κ2) is 4.73. The zero-order valence-electron chi connectivity index (χ0n) is 9.16. The molecule has 0 fully saturated rings. The highest BCUT2D eigenvalue weighted by Gasteiger charge is 2.73. The largest absolute Gasteiger partial charge is 0.495 e. The molecule has 0 aliphatic rings. The van der Waals surface area contributed by atoms with Crippen LogP contribution in [0.15, 0.2) is 18.2 Å². The number of alkyl halides is 7. The first-order valence-electron chi connectivity index (χ1n) is 4.61. The van der Waals surface area contributed by atoms with Crippen molar-refractivity contribution < 1.29 is 35.5 Å². The predicted octanol–water partition coefficient (Wildman–Crippen LogP) is 4.64. The maximum absolute atomic E-state index is 13.6. The first-order valence-corrected chi connectivity index (χ1v) is 4.99. The summed E-state index contributed by atoms with van der Waals surface area (Å²) < 4.78 is 92.8. The minimum atomic E-state index is -6.16. The molecule has 1 rings (SSSR count). The molecule has 19 heavy (non-hydrogen) atoms. The Morgan fingerprint density at radius 3 is 1.79 bits per heavy atom. The van der Waals surface area contributed by atoms with Crippen molar-refractivity contribution in [1.29, 1.82) is 0 Å². The van der Waals surface area contributed by atoms with E-state index in [1.165, 1.54) is 0 Å². The normalized spacial score (nSPS) is 13.5. The lowest BCUT2D eigenvalue weighted by atomic mass is 9.94. The third-order valence-corrected chi connectivity index (χ3v) is 2.64. The van der Waals surface area contributed by atoms with Gasteiger partial charge in [-0.3, -0.25) is 0 Å². The van der Waals surface area contributed by atoms with Crippen LogP contribution in [0.5, 0.6) is 5.75 Å². The molecular formula is C10H6ClF7O. The van der Waals surface area contributed by atoms with Crippen LogP contribution in [-0.2, 0) is 5.67 Å². The Balaban J connectivity index is 3.52. The number of hydrogen-bond donors (Lipinski definition) is 0. The lowest BCUT2D eigenvalue weighted by molar-refractivity contribution is -0.348. The van der Waals surface area contributed by atoms with Gasteiger partial charge in [0.2, 0.25) is 0 Å². The molecule has 0 atom stereocenters. The second-order valence-corrected chi connectivity index (χ2v) is 3.91. The lowest BCUT2D eigenvalue weighted by Gasteiger charge is -2.30. The van der Waals surface area contributed by atoms with E-state index in [1.807, 2.05) is 0 Å². The van der Waals surface area contributed by atoms with Gasteiger partial charge in [-0.25, -0.2) is 4.39 Å². The first-order chi connectivity index (χ1) is 8.45. The lowest BCUT2D eigenvalue weighted by Crippen LogP contribution is -2.50. The van der Waals surface area contributed by atoms with Crippen LogP contribution < -0.4 is 4.74 Å². The molecule has 1 nitrogen and oxygen atoms in total. The molecule has 0 bridgehead atoms. The van der Waals surface area contributed by atoms with E-state index in [1.54, 1.807) is 0 Å². The van der Waals surface area contributed by atoms with Gasteiger partial charge in [-0.1, -0.05) is 17.7 Å². The highest BCUT2D eigenvalue weighted by Crippen LogP contribution is 2.53. The van der Waals surface area contributed by atoms with Gasteiger partial charge >= 0.3 is 18.0 Å². The predicted molar refractivity (Wildman–Crippen MR) is 52.9 cm³/mol. The third kappa shape index (κ3) is 2.58. The Bertz CT molecular complexity index is 452. The number of methoxy groups -OCH3 is 1. The fourth-order valence-electron chi connectivity index (χ4n) is 1.36. The Labute approximate surface area is 107 Å². The molecule has 0 unspecified atom stereocenters. The highest BCUT2D eigenvalue weighted by atomic mass is 35.5. The van der Waals surface area contributed by atoms with Gasteiger partial charge in [-0.15, -0.1) is 0 Å². The van der Waals surface area contributed by atoms with Crippen molar-refractivity contribution in [2.24, 2.45) is 0 Å². The van der Waals surface area contributed by atoms with E-state index in [9.17, 15) is 30.7 Å². The van der Waals surface area contributed by atoms with Crippen LogP contribution >= 0.6 is 11.6 Å². The Kier molecular flexibility index (Phi) is 3.96. The SMILES string of the molecule is COc1cc(C(F)(C(F)(F)F)C(F)(F)F)ccc1Cl. The van der Waals surface area contributed by atoms with Crippen molar-refractivity contribution in [2.75, 3.05) is 7.11 Å². The second-order valence-electron chi connectivity index (χ2n) is 3.50. The molecule has 1 aromatic carbocycles. The van der Waals surface area contributed by atoms with Crippen LogP contribution in [0.4, 0.5) is 30.7 Å². The Morgan fingerprint density at radius 1 is 0.947 bits per heavy atom. The van der Waals surface area contributed by atoms with E-state index < -0.39 is 29.3 Å². The smallest absolute Gasteiger partial charge is 0.435 e. The molecule has 0 heterocycles. The zero-order valence-corrected chi connectivity index (χ0v) is 9.92. The van der Waals surface area contributed by atoms with Crippen molar-refractivity contribution in [3.63, 3.8) is 0 Å². The summed E-state index contributed by atoms with van der Waals surface area (Å²) in [5.41, 5.74) is -7.13. The summed E-state index contributed by atoms with van der Waals surface area (Å²) in [5.74, 6) is -0.491. The minimum absolute atomic E-state index is 0.238. The van der Waals surface area contributed by atoms with E-state index in [0.29, 0.717) is 12.1 Å². The van der Waals surface area contributed by atoms with Gasteiger partial charge < -0.3 is 4.74 Å². The molecule has 0 aliphatic carbocycles. The molecule has 0 aromatic heterocycles. The van der Waals surface area contributed by atoms with Gasteiger partial charge in [0.05, 0.1) is 12.1 Å². The standard InChI is InChI=1S/C10H6ClF7O/c1-19-7-4-5(2-3-6(7)11)8(12,9(13,14)15)10(16,17)18/h2-4H,1H3. The van der Waals surface area contributed by atoms with E-state index >= 15 is 0 Å². The summed E-state index contributed by atoms with van der Waals surface area (Å²) in [6.45, 7) is 0. The molecule has 0 radical (unpaired) electrons. The Hall–Kier alpha value is -1.18. The van der Waals surface area contributed by atoms with Gasteiger partial charge in [0.1, 0.15) is 5.75 Å². The minimum Gasteiger partial charge on any atom is -0.495 e. The van der Waals surface area contributed by atoms with Gasteiger partial charge in [0, 0.05) is 5.56 Å². The first kappa shape index (κ1) is 15.9. The highest BCUT2D eigenvalue weighted by molar-refractivity contribution is 6.32. The number of hydrogen-bond acceptors (Lipinski definition) is 1. The molecule has 108 valence electrons. The molecule has 0 N–H and O–H groups in total. The maximum Gasteiger partial charge on any atom is 0.435 e. The molecule has 0 saturated carbocycles. The molecule has 9 heteroatoms. The number of ether oxygens (including phenoxy) is 1. The van der Waals surface area contributed by atoms with Gasteiger partial charge in [0.15, 0.2) is 0 Å². The fourth-order valence-corrected chi connectivity index (χ4v) is 1.56. The number of halogens is 8. The quantitative estimate of drug-likeness (QED) is 0.723. The number of benzene rings is 1. The fraction of sp³-hybridized carbons (Fsp3) is 0.400. The van der Waals surface area contributed by atoms with Crippen LogP contribution in [0.1, 0.15) is 5.56 Å². The molecule has 0 aliphatic heterocycles. The Morgan fingerprint density at radius 2 is 1.42 bits per heavy atom. The zero-order chi connectivity index (χ0) is 15.1. The van der Waals surface area contributed by atoms with Gasteiger partial charge in [-0.2, -0.15) is 26.3 Å². The number of rotatable bonds is 2. The van der Waals surface area contributed by atoms with E-state index in [2.05, 4.69) is 4.74 Å². The van der Waals surface area contributed by atoms with Crippen molar-refractivity contribution in [2.45, 2.75) is 18.0 Å². The summed E-state index contributed by atoms with van der Waals surface area (Å²) in [5, 5.41) is -0.238. The van der Waals surface area contributed by atoms with Crippen molar-refractivity contribution in [3.05, 3.63) is 28.8 Å². The van der Waals surface area contributed by atoms with Crippen molar-refractivity contribution in [3.8, 4) is 5.75 Å². The van der Waals surface area contributed by atoms with E-state index in [4.69, 9.17) is 11.6 Å². The van der Waals surface area contributed by atoms with Crippen LogP contribution in [0.2, 0.25) is 5.02 Å². The molecule has 0 saturated heterocycles. The van der Waals surface area contributed by atoms with Crippen LogP contribution in [-0.4, -0.2) is 19.5 Å². The van der Waals surface area contributed by atoms with Crippen molar-refractivity contribution >= 4 is 11.6 Å². The summed E-state index contributed by atoms with van der Waals surface area (Å²) in [6.07, 6.45) is -12.3. The van der Waals surface area contributed by atoms with Crippen LogP contribution in [0.25, 0.3) is 0 Å². The van der Waals surface area contributed by atoms with Crippen molar-refractivity contribution in [1.82, 2.24) is 0 Å². The molecular weight excluding hydrogens is 305 g/mol. The summed E-state index contributed by atoms with van der Waals surface area (Å²) >= 11 is 5.47. The van der Waals surface area contributed by atoms with E-state index in [-0.39, 0.29) is 11.1 Å². The summed E-state index contributed by atoms with van der Waals surface area (Å²) in [6, 6.07) is 1.27. The average molecular weight is 311 g/mol. The van der Waals surface area contributed by atoms with Crippen LogP contribution in [0, 0.1) is 0 Å². The molecule has 0 amide bonds. The monoisotopic (exact) mass is 310 g/mol. The summed E-state index contributed by atoms with van der Waals surface area (Å²) in [4.78, 5) is 0. The molecule has 0 spiro atoms. The maximum atomic E-state index is 13.6. The molecule has 1 aromatic rings. The van der Waals surface area contributed by atoms with Gasteiger partial charge in [0.25, 0.3) is 0 Å².